The number of hydrogen-bond donors (Lipinski definition) is 2. The highest BCUT2D eigenvalue weighted by Gasteiger charge is 2.40. The van der Waals surface area contributed by atoms with Crippen molar-refractivity contribution in [1.29, 1.82) is 0 Å². The minimum absolute atomic E-state index is 0.0175. The Balaban J connectivity index is 1.67. The molecule has 0 saturated heterocycles. The molecule has 2 aromatic heterocycles. The molecule has 0 radical (unpaired) electrons. The standard InChI is InChI=1S/C27H26BrF3N4O3S/c1-14-10-19(34-22(11-14)35-21(32-3)12-15(2)27(29,30)31)20-13-33-25(39-20)26(37)9-5-6-16-18(26)8-7-17(23(16)28)24(36)38-4/h7-8,10-13,37H,5-6,9H2,1-4H3,(H,32,34,35)/b15-12+. The van der Waals surface area contributed by atoms with Crippen molar-refractivity contribution >= 4 is 44.9 Å². The minimum Gasteiger partial charge on any atom is -0.465 e. The first-order valence-corrected chi connectivity index (χ1v) is 13.6. The first kappa shape index (κ1) is 28.9. The Kier molecular flexibility index (Phi) is 8.29. The molecule has 2 N–H and O–H groups in total. The monoisotopic (exact) mass is 622 g/mol. The van der Waals surface area contributed by atoms with E-state index in [-0.39, 0.29) is 5.84 Å². The fourth-order valence-electron chi connectivity index (χ4n) is 4.41. The SMILES string of the molecule is C/N=C(\C=C(/C)C(F)(F)F)Nc1cc(C)cc(-c2cnc(C3(O)CCCc4c3ccc(C(=O)OC)c4Br)s2)n1. The number of aryl methyl sites for hydroxylation is 1. The van der Waals surface area contributed by atoms with Crippen LogP contribution in [-0.2, 0) is 16.8 Å². The van der Waals surface area contributed by atoms with Gasteiger partial charge in [-0.1, -0.05) is 6.07 Å². The lowest BCUT2D eigenvalue weighted by atomic mass is 9.79. The molecule has 3 aromatic rings. The number of amidine groups is 1. The molecule has 1 aromatic carbocycles. The third-order valence-corrected chi connectivity index (χ3v) is 8.52. The van der Waals surface area contributed by atoms with Crippen molar-refractivity contribution in [2.45, 2.75) is 44.9 Å². The summed E-state index contributed by atoms with van der Waals surface area (Å²) in [6.45, 7) is 2.82. The van der Waals surface area contributed by atoms with Crippen molar-refractivity contribution in [3.05, 3.63) is 73.8 Å². The summed E-state index contributed by atoms with van der Waals surface area (Å²) in [6, 6.07) is 6.90. The fraction of sp³-hybridized carbons (Fsp3) is 0.333. The van der Waals surface area contributed by atoms with E-state index in [4.69, 9.17) is 4.74 Å². The van der Waals surface area contributed by atoms with Crippen LogP contribution in [0.5, 0.6) is 0 Å². The van der Waals surface area contributed by atoms with Crippen LogP contribution in [-0.4, -0.2) is 47.2 Å². The van der Waals surface area contributed by atoms with Gasteiger partial charge in [0.05, 0.1) is 23.2 Å². The second-order valence-corrected chi connectivity index (χ2v) is 11.0. The maximum atomic E-state index is 13.0. The number of pyridine rings is 1. The van der Waals surface area contributed by atoms with Gasteiger partial charge in [-0.15, -0.1) is 11.3 Å². The van der Waals surface area contributed by atoms with Gasteiger partial charge in [-0.3, -0.25) is 4.99 Å². The molecule has 0 saturated carbocycles. The number of ether oxygens (including phenoxy) is 1. The molecule has 1 atom stereocenters. The highest BCUT2D eigenvalue weighted by Crippen LogP contribution is 2.46. The van der Waals surface area contributed by atoms with E-state index in [0.717, 1.165) is 24.1 Å². The van der Waals surface area contributed by atoms with E-state index in [1.54, 1.807) is 24.4 Å². The molecular formula is C27H26BrF3N4O3S. The number of hydrogen-bond acceptors (Lipinski definition) is 7. The summed E-state index contributed by atoms with van der Waals surface area (Å²) in [5.41, 5.74) is 1.11. The van der Waals surface area contributed by atoms with E-state index in [1.165, 1.54) is 25.5 Å². The summed E-state index contributed by atoms with van der Waals surface area (Å²) in [7, 11) is 2.71. The van der Waals surface area contributed by atoms with Crippen molar-refractivity contribution in [2.24, 2.45) is 4.99 Å². The predicted molar refractivity (Wildman–Crippen MR) is 148 cm³/mol. The number of aliphatic imine (C=N–C) groups is 1. The molecule has 0 aliphatic heterocycles. The molecule has 4 rings (SSSR count). The van der Waals surface area contributed by atoms with Crippen molar-refractivity contribution < 1.29 is 27.8 Å². The number of alkyl halides is 3. The van der Waals surface area contributed by atoms with E-state index in [9.17, 15) is 23.1 Å². The number of benzene rings is 1. The average Bonchev–Trinajstić information content (AvgIpc) is 3.39. The van der Waals surface area contributed by atoms with E-state index in [1.807, 2.05) is 13.0 Å². The number of carbonyl (C=O) groups excluding carboxylic acids is 1. The molecule has 39 heavy (non-hydrogen) atoms. The minimum atomic E-state index is -4.46. The summed E-state index contributed by atoms with van der Waals surface area (Å²) in [4.78, 5) is 25.8. The second-order valence-electron chi connectivity index (χ2n) is 9.16. The molecule has 0 bridgehead atoms. The number of esters is 1. The second kappa shape index (κ2) is 11.2. The summed E-state index contributed by atoms with van der Waals surface area (Å²) < 4.78 is 44.4. The molecule has 0 fully saturated rings. The van der Waals surface area contributed by atoms with Crippen LogP contribution in [0.1, 0.15) is 51.8 Å². The number of halogens is 4. The van der Waals surface area contributed by atoms with Crippen LogP contribution >= 0.6 is 27.3 Å². The molecule has 12 heteroatoms. The van der Waals surface area contributed by atoms with Gasteiger partial charge in [0.25, 0.3) is 0 Å². The fourth-order valence-corrected chi connectivity index (χ4v) is 6.13. The molecule has 2 heterocycles. The van der Waals surface area contributed by atoms with Gasteiger partial charge in [0.1, 0.15) is 22.3 Å². The van der Waals surface area contributed by atoms with Crippen LogP contribution < -0.4 is 5.32 Å². The van der Waals surface area contributed by atoms with Gasteiger partial charge in [-0.25, -0.2) is 14.8 Å². The lowest BCUT2D eigenvalue weighted by Gasteiger charge is -2.33. The van der Waals surface area contributed by atoms with Crippen molar-refractivity contribution in [3.63, 3.8) is 0 Å². The van der Waals surface area contributed by atoms with E-state index >= 15 is 0 Å². The zero-order valence-corrected chi connectivity index (χ0v) is 24.0. The van der Waals surface area contributed by atoms with Crippen LogP contribution in [0.25, 0.3) is 10.6 Å². The molecule has 7 nitrogen and oxygen atoms in total. The Morgan fingerprint density at radius 2 is 2.08 bits per heavy atom. The Labute approximate surface area is 236 Å². The number of fused-ring (bicyclic) bond motifs is 1. The van der Waals surface area contributed by atoms with Gasteiger partial charge in [0.2, 0.25) is 0 Å². The van der Waals surface area contributed by atoms with E-state index in [2.05, 4.69) is 36.2 Å². The zero-order chi connectivity index (χ0) is 28.5. The van der Waals surface area contributed by atoms with Gasteiger partial charge < -0.3 is 15.2 Å². The number of anilines is 1. The lowest BCUT2D eigenvalue weighted by molar-refractivity contribution is -0.0912. The maximum Gasteiger partial charge on any atom is 0.412 e. The third-order valence-electron chi connectivity index (χ3n) is 6.44. The Morgan fingerprint density at radius 3 is 2.74 bits per heavy atom. The molecule has 0 spiro atoms. The molecule has 0 amide bonds. The number of aliphatic hydroxyl groups is 1. The van der Waals surface area contributed by atoms with Gasteiger partial charge in [-0.05, 0) is 90.0 Å². The number of allylic oxidation sites excluding steroid dienone is 1. The zero-order valence-electron chi connectivity index (χ0n) is 21.6. The van der Waals surface area contributed by atoms with E-state index in [0.29, 0.717) is 56.3 Å². The van der Waals surface area contributed by atoms with Gasteiger partial charge in [0.15, 0.2) is 0 Å². The number of aromatic nitrogens is 2. The summed E-state index contributed by atoms with van der Waals surface area (Å²) in [5.74, 6) is -0.123. The van der Waals surface area contributed by atoms with Crippen LogP contribution in [0.15, 0.2) is 51.6 Å². The average molecular weight is 623 g/mol. The molecule has 1 unspecified atom stereocenters. The third kappa shape index (κ3) is 5.92. The normalized spacial score (nSPS) is 18.1. The van der Waals surface area contributed by atoms with Crippen LogP contribution in [0.3, 0.4) is 0 Å². The molecule has 1 aliphatic carbocycles. The van der Waals surface area contributed by atoms with E-state index < -0.39 is 23.3 Å². The van der Waals surface area contributed by atoms with Crippen molar-refractivity contribution in [1.82, 2.24) is 9.97 Å². The Morgan fingerprint density at radius 1 is 1.33 bits per heavy atom. The first-order valence-electron chi connectivity index (χ1n) is 11.9. The highest BCUT2D eigenvalue weighted by molar-refractivity contribution is 9.10. The quantitative estimate of drug-likeness (QED) is 0.189. The highest BCUT2D eigenvalue weighted by atomic mass is 79.9. The van der Waals surface area contributed by atoms with Crippen LogP contribution in [0.4, 0.5) is 19.0 Å². The predicted octanol–water partition coefficient (Wildman–Crippen LogP) is 6.58. The van der Waals surface area contributed by atoms with Crippen molar-refractivity contribution in [3.8, 4) is 10.6 Å². The Hall–Kier alpha value is -3.09. The Bertz CT molecular complexity index is 1490. The lowest BCUT2D eigenvalue weighted by Crippen LogP contribution is -2.32. The van der Waals surface area contributed by atoms with Gasteiger partial charge in [-0.2, -0.15) is 13.2 Å². The molecular weight excluding hydrogens is 597 g/mol. The summed E-state index contributed by atoms with van der Waals surface area (Å²) in [5, 5.41) is 15.2. The topological polar surface area (TPSA) is 96.7 Å². The summed E-state index contributed by atoms with van der Waals surface area (Å²) >= 11 is 4.80. The largest absolute Gasteiger partial charge is 0.465 e. The van der Waals surface area contributed by atoms with Gasteiger partial charge >= 0.3 is 12.1 Å². The van der Waals surface area contributed by atoms with Crippen LogP contribution in [0, 0.1) is 6.92 Å². The number of thiazole rings is 1. The van der Waals surface area contributed by atoms with Crippen molar-refractivity contribution in [2.75, 3.05) is 19.5 Å². The number of carbonyl (C=O) groups is 1. The summed E-state index contributed by atoms with van der Waals surface area (Å²) in [6.07, 6.45) is -0.100. The van der Waals surface area contributed by atoms with Gasteiger partial charge in [0, 0.05) is 23.3 Å². The number of nitrogens with zero attached hydrogens (tertiary/aromatic N) is 3. The number of methoxy groups -OCH3 is 1. The first-order chi connectivity index (χ1) is 18.4. The number of nitrogens with one attached hydrogen (secondary N) is 1. The van der Waals surface area contributed by atoms with Crippen LogP contribution in [0.2, 0.25) is 0 Å². The molecule has 1 aliphatic rings. The maximum absolute atomic E-state index is 13.0. The number of rotatable bonds is 5. The smallest absolute Gasteiger partial charge is 0.412 e. The molecule has 206 valence electrons.